The third kappa shape index (κ3) is 12.6. The second-order valence-electron chi connectivity index (χ2n) is 12.9. The maximum atomic E-state index is 13.1. The summed E-state index contributed by atoms with van der Waals surface area (Å²) < 4.78 is 0. The first-order chi connectivity index (χ1) is 22.4. The molecule has 0 saturated heterocycles. The molecule has 0 aliphatic heterocycles. The number of nitrogens with zero attached hydrogens (tertiary/aromatic N) is 2. The molecule has 0 bridgehead atoms. The molecule has 5 heteroatoms. The molecule has 48 heavy (non-hydrogen) atoms. The Morgan fingerprint density at radius 1 is 0.542 bits per heavy atom. The number of hydrogen-bond acceptors (Lipinski definition) is 4. The van der Waals surface area contributed by atoms with Crippen molar-refractivity contribution in [1.82, 2.24) is 9.97 Å². The zero-order valence-electron chi connectivity index (χ0n) is 28.8. The number of benzene rings is 4. The molecule has 4 nitrogen and oxygen atoms in total. The minimum Gasteiger partial charge on any atom is -0.872 e. The minimum absolute atomic E-state index is 0. The Bertz CT molecular complexity index is 1600. The van der Waals surface area contributed by atoms with Crippen molar-refractivity contribution in [2.75, 3.05) is 0 Å². The zero-order valence-corrected chi connectivity index (χ0v) is 31.2. The van der Waals surface area contributed by atoms with Crippen LogP contribution in [0.1, 0.15) is 58.2 Å². The van der Waals surface area contributed by atoms with Gasteiger partial charge in [0, 0.05) is 12.4 Å². The summed E-state index contributed by atoms with van der Waals surface area (Å²) in [4.78, 5) is 7.44. The van der Waals surface area contributed by atoms with Gasteiger partial charge in [-0.1, -0.05) is 132 Å². The molecule has 6 rings (SSSR count). The molecule has 2 heterocycles. The molecule has 0 N–H and O–H groups in total. The van der Waals surface area contributed by atoms with Crippen LogP contribution in [0.3, 0.4) is 0 Å². The van der Waals surface area contributed by atoms with Gasteiger partial charge in [-0.3, -0.25) is 4.98 Å². The van der Waals surface area contributed by atoms with Gasteiger partial charge in [0.1, 0.15) is 0 Å². The molecular weight excluding hydrogens is 668 g/mol. The van der Waals surface area contributed by atoms with Crippen LogP contribution in [0.2, 0.25) is 0 Å². The van der Waals surface area contributed by atoms with Crippen molar-refractivity contribution >= 4 is 0 Å². The van der Waals surface area contributed by atoms with E-state index in [1.807, 2.05) is 163 Å². The van der Waals surface area contributed by atoms with E-state index in [0.29, 0.717) is 11.1 Å². The van der Waals surface area contributed by atoms with Gasteiger partial charge in [0.05, 0.1) is 0 Å². The van der Waals surface area contributed by atoms with E-state index in [0.717, 1.165) is 27.8 Å². The van der Waals surface area contributed by atoms with Gasteiger partial charge >= 0.3 is 26.2 Å². The van der Waals surface area contributed by atoms with Crippen molar-refractivity contribution in [3.8, 4) is 33.8 Å². The summed E-state index contributed by atoms with van der Waals surface area (Å²) in [6.45, 7) is 16.0. The standard InChI is InChI=1S/C26H30O2.C7H7.C5H5N.C5H4N.Zr/c1-25(2,3)21-14-8-12-19(23(21)27)17-10-7-11-18(16-17)20-13-9-15-22(24(20)28)26(4,5)6;1-7-5-3-2-4-6-7;2*1-2-4-6-5-3-1;/h7-16,27-28H,1-6H3;2-6H,1H2;1-5H;1-4H;/q;-1;;-1;+4/p-2. The van der Waals surface area contributed by atoms with Crippen molar-refractivity contribution in [3.05, 3.63) is 176 Å². The quantitative estimate of drug-likeness (QED) is 0.168. The summed E-state index contributed by atoms with van der Waals surface area (Å²) in [6, 6.07) is 40.2. The van der Waals surface area contributed by atoms with Crippen molar-refractivity contribution in [2.45, 2.75) is 52.4 Å². The fourth-order valence-electron chi connectivity index (χ4n) is 4.63. The Balaban J connectivity index is 0.000000320. The van der Waals surface area contributed by atoms with Gasteiger partial charge in [-0.2, -0.15) is 42.8 Å². The SMILES string of the molecule is CC(C)(C)c1cccc(-c2cccc(-c3cccc(C(C)(C)C)c3[O-])c2)c1[O-].[CH2-]c1ccccc1.[Zr+4].[c-]1ccccn1.c1ccncc1. The van der Waals surface area contributed by atoms with Crippen LogP contribution < -0.4 is 10.2 Å². The molecule has 6 aromatic rings. The van der Waals surface area contributed by atoms with Crippen molar-refractivity contribution in [1.29, 1.82) is 0 Å². The molecule has 0 unspecified atom stereocenters. The normalized spacial score (nSPS) is 10.4. The molecule has 242 valence electrons. The third-order valence-corrected chi connectivity index (χ3v) is 7.06. The average molecular weight is 712 g/mol. The molecule has 0 atom stereocenters. The monoisotopic (exact) mass is 710 g/mol. The predicted molar refractivity (Wildman–Crippen MR) is 192 cm³/mol. The van der Waals surface area contributed by atoms with Crippen LogP contribution in [0, 0.1) is 13.1 Å². The topological polar surface area (TPSA) is 71.9 Å². The number of pyridine rings is 2. The first kappa shape index (κ1) is 39.7. The van der Waals surface area contributed by atoms with Gasteiger partial charge in [-0.05, 0) is 62.4 Å². The van der Waals surface area contributed by atoms with Gasteiger partial charge in [0.2, 0.25) is 0 Å². The van der Waals surface area contributed by atoms with Crippen LogP contribution in [0.15, 0.2) is 146 Å². The predicted octanol–water partition coefficient (Wildman–Crippen LogP) is 9.59. The number of aromatic nitrogens is 2. The molecule has 0 aliphatic carbocycles. The van der Waals surface area contributed by atoms with E-state index in [1.54, 1.807) is 24.7 Å². The molecule has 0 radical (unpaired) electrons. The summed E-state index contributed by atoms with van der Waals surface area (Å²) in [6.07, 6.45) is 7.84. The molecule has 0 saturated carbocycles. The average Bonchev–Trinajstić information content (AvgIpc) is 3.07. The van der Waals surface area contributed by atoms with Gasteiger partial charge in [0.15, 0.2) is 0 Å². The second-order valence-corrected chi connectivity index (χ2v) is 12.9. The molecule has 0 fully saturated rings. The molecular formula is C43H44N2O2Zr. The summed E-state index contributed by atoms with van der Waals surface area (Å²) >= 11 is 0. The van der Waals surface area contributed by atoms with Gasteiger partial charge < -0.3 is 15.2 Å². The van der Waals surface area contributed by atoms with Crippen LogP contribution in [0.4, 0.5) is 0 Å². The number of hydrogen-bond donors (Lipinski definition) is 0. The zero-order chi connectivity index (χ0) is 34.3. The molecule has 2 aromatic heterocycles. The Morgan fingerprint density at radius 3 is 1.29 bits per heavy atom. The summed E-state index contributed by atoms with van der Waals surface area (Å²) in [5.41, 5.74) is 5.28. The molecule has 0 aliphatic rings. The molecule has 4 aromatic carbocycles. The second kappa shape index (κ2) is 19.4. The third-order valence-electron chi connectivity index (χ3n) is 7.06. The van der Waals surface area contributed by atoms with Crippen LogP contribution in [0.25, 0.3) is 22.3 Å². The Morgan fingerprint density at radius 2 is 1.00 bits per heavy atom. The smallest absolute Gasteiger partial charge is 0.872 e. The Hall–Kier alpha value is -4.47. The van der Waals surface area contributed by atoms with Gasteiger partial charge in [0.25, 0.3) is 0 Å². The first-order valence-corrected chi connectivity index (χ1v) is 15.6. The van der Waals surface area contributed by atoms with Crippen LogP contribution in [-0.2, 0) is 37.0 Å². The van der Waals surface area contributed by atoms with Crippen molar-refractivity contribution < 1.29 is 36.4 Å². The van der Waals surface area contributed by atoms with E-state index < -0.39 is 0 Å². The molecule has 0 amide bonds. The van der Waals surface area contributed by atoms with Crippen molar-refractivity contribution in [2.24, 2.45) is 0 Å². The first-order valence-electron chi connectivity index (χ1n) is 15.6. The van der Waals surface area contributed by atoms with Crippen LogP contribution in [-0.4, -0.2) is 9.97 Å². The maximum absolute atomic E-state index is 13.1. The van der Waals surface area contributed by atoms with E-state index in [-0.39, 0.29) is 48.5 Å². The summed E-state index contributed by atoms with van der Waals surface area (Å²) in [7, 11) is 0. The van der Waals surface area contributed by atoms with Crippen LogP contribution >= 0.6 is 0 Å². The summed E-state index contributed by atoms with van der Waals surface area (Å²) in [5.74, 6) is 0.107. The van der Waals surface area contributed by atoms with E-state index in [9.17, 15) is 10.2 Å². The maximum Gasteiger partial charge on any atom is 4.00 e. The van der Waals surface area contributed by atoms with Gasteiger partial charge in [-0.15, -0.1) is 12.1 Å². The van der Waals surface area contributed by atoms with E-state index in [1.165, 1.54) is 0 Å². The fraction of sp³-hybridized carbons (Fsp3) is 0.186. The Labute approximate surface area is 306 Å². The van der Waals surface area contributed by atoms with Crippen LogP contribution in [0.5, 0.6) is 11.5 Å². The van der Waals surface area contributed by atoms with E-state index in [4.69, 9.17) is 0 Å². The Kier molecular flexibility index (Phi) is 16.0. The minimum atomic E-state index is -0.214. The van der Waals surface area contributed by atoms with Crippen molar-refractivity contribution in [3.63, 3.8) is 0 Å². The van der Waals surface area contributed by atoms with Gasteiger partial charge in [-0.25, -0.2) is 0 Å². The number of para-hydroxylation sites is 2. The largest absolute Gasteiger partial charge is 4.00 e. The molecule has 0 spiro atoms. The van der Waals surface area contributed by atoms with E-state index >= 15 is 0 Å². The summed E-state index contributed by atoms with van der Waals surface area (Å²) in [5, 5.41) is 26.1. The fourth-order valence-corrected chi connectivity index (χ4v) is 4.63. The van der Waals surface area contributed by atoms with E-state index in [2.05, 4.69) is 23.1 Å². The number of rotatable bonds is 2.